The molecule has 0 saturated carbocycles. The molecule has 20 heavy (non-hydrogen) atoms. The minimum atomic E-state index is -0.950. The Balaban J connectivity index is 2.22. The van der Waals surface area contributed by atoms with Crippen LogP contribution in [0.4, 0.5) is 4.79 Å². The van der Waals surface area contributed by atoms with Crippen LogP contribution in [-0.4, -0.2) is 38.8 Å². The molecule has 1 amide bonds. The second-order valence-corrected chi connectivity index (χ2v) is 5.95. The quantitative estimate of drug-likeness (QED) is 0.858. The summed E-state index contributed by atoms with van der Waals surface area (Å²) >= 11 is 0. The van der Waals surface area contributed by atoms with Crippen LogP contribution in [0.5, 0.6) is 0 Å². The number of rotatable bonds is 1. The molecule has 0 fully saturated rings. The molecule has 2 heterocycles. The molecule has 2 rings (SSSR count). The molecular formula is C14H20N2O4. The minimum absolute atomic E-state index is 0.202. The van der Waals surface area contributed by atoms with Gasteiger partial charge in [0.2, 0.25) is 0 Å². The lowest BCUT2D eigenvalue weighted by Gasteiger charge is -2.36. The molecule has 1 aromatic rings. The van der Waals surface area contributed by atoms with E-state index in [2.05, 4.69) is 0 Å². The van der Waals surface area contributed by atoms with Crippen LogP contribution in [0.25, 0.3) is 0 Å². The third-order valence-electron chi connectivity index (χ3n) is 3.32. The predicted octanol–water partition coefficient (Wildman–Crippen LogP) is 2.50. The zero-order valence-electron chi connectivity index (χ0n) is 12.2. The highest BCUT2D eigenvalue weighted by molar-refractivity contribution is 5.86. The number of carbonyl (C=O) groups excluding carboxylic acids is 1. The molecule has 6 nitrogen and oxygen atoms in total. The van der Waals surface area contributed by atoms with Crippen LogP contribution >= 0.6 is 0 Å². The SMILES string of the molecule is CC1c2ccc(C(=O)O)n2CCN1C(=O)OC(C)(C)C. The molecule has 0 aliphatic carbocycles. The summed E-state index contributed by atoms with van der Waals surface area (Å²) in [6.45, 7) is 8.26. The summed E-state index contributed by atoms with van der Waals surface area (Å²) in [6.07, 6.45) is -0.366. The van der Waals surface area contributed by atoms with Crippen molar-refractivity contribution < 1.29 is 19.4 Å². The summed E-state index contributed by atoms with van der Waals surface area (Å²) in [5, 5.41) is 9.12. The zero-order valence-corrected chi connectivity index (χ0v) is 12.2. The number of ether oxygens (including phenoxy) is 1. The highest BCUT2D eigenvalue weighted by Crippen LogP contribution is 2.28. The van der Waals surface area contributed by atoms with Crippen LogP contribution in [-0.2, 0) is 11.3 Å². The molecule has 0 spiro atoms. The molecule has 0 bridgehead atoms. The number of fused-ring (bicyclic) bond motifs is 1. The molecule has 110 valence electrons. The van der Waals surface area contributed by atoms with Gasteiger partial charge in [0, 0.05) is 18.8 Å². The molecule has 1 atom stereocenters. The Bertz CT molecular complexity index is 542. The van der Waals surface area contributed by atoms with E-state index in [1.807, 2.05) is 27.7 Å². The summed E-state index contributed by atoms with van der Waals surface area (Å²) in [5.74, 6) is -0.950. The molecule has 1 unspecified atom stereocenters. The van der Waals surface area contributed by atoms with Crippen molar-refractivity contribution in [2.24, 2.45) is 0 Å². The van der Waals surface area contributed by atoms with Crippen LogP contribution in [0.15, 0.2) is 12.1 Å². The summed E-state index contributed by atoms with van der Waals surface area (Å²) in [7, 11) is 0. The van der Waals surface area contributed by atoms with Crippen LogP contribution in [0.3, 0.4) is 0 Å². The summed E-state index contributed by atoms with van der Waals surface area (Å²) < 4.78 is 7.12. The number of aromatic carboxylic acids is 1. The van der Waals surface area contributed by atoms with E-state index in [0.717, 1.165) is 5.69 Å². The van der Waals surface area contributed by atoms with Crippen LogP contribution in [0.2, 0.25) is 0 Å². The smallest absolute Gasteiger partial charge is 0.410 e. The topological polar surface area (TPSA) is 71.8 Å². The van der Waals surface area contributed by atoms with E-state index in [9.17, 15) is 9.59 Å². The van der Waals surface area contributed by atoms with Gasteiger partial charge < -0.3 is 14.4 Å². The predicted molar refractivity (Wildman–Crippen MR) is 72.7 cm³/mol. The summed E-state index contributed by atoms with van der Waals surface area (Å²) in [4.78, 5) is 24.9. The maximum atomic E-state index is 12.2. The molecular weight excluding hydrogens is 260 g/mol. The fourth-order valence-corrected chi connectivity index (χ4v) is 2.42. The molecule has 1 aromatic heterocycles. The van der Waals surface area contributed by atoms with E-state index >= 15 is 0 Å². The van der Waals surface area contributed by atoms with E-state index in [-0.39, 0.29) is 17.8 Å². The summed E-state index contributed by atoms with van der Waals surface area (Å²) in [6, 6.07) is 3.13. The Hall–Kier alpha value is -1.98. The van der Waals surface area contributed by atoms with Gasteiger partial charge in [-0.1, -0.05) is 0 Å². The van der Waals surface area contributed by atoms with E-state index in [4.69, 9.17) is 9.84 Å². The lowest BCUT2D eigenvalue weighted by molar-refractivity contribution is 0.0125. The van der Waals surface area contributed by atoms with E-state index in [0.29, 0.717) is 13.1 Å². The van der Waals surface area contributed by atoms with Gasteiger partial charge in [0.05, 0.1) is 6.04 Å². The second kappa shape index (κ2) is 4.85. The number of carboxylic acid groups (broad SMARTS) is 1. The average Bonchev–Trinajstić information content (AvgIpc) is 2.71. The van der Waals surface area contributed by atoms with Gasteiger partial charge in [0.1, 0.15) is 11.3 Å². The van der Waals surface area contributed by atoms with Gasteiger partial charge in [0.15, 0.2) is 0 Å². The van der Waals surface area contributed by atoms with Crippen molar-refractivity contribution >= 4 is 12.1 Å². The van der Waals surface area contributed by atoms with Crippen molar-refractivity contribution in [2.75, 3.05) is 6.54 Å². The maximum absolute atomic E-state index is 12.2. The normalized spacial score (nSPS) is 18.6. The fraction of sp³-hybridized carbons (Fsp3) is 0.571. The van der Waals surface area contributed by atoms with Gasteiger partial charge in [-0.2, -0.15) is 0 Å². The van der Waals surface area contributed by atoms with Crippen molar-refractivity contribution in [3.8, 4) is 0 Å². The number of hydrogen-bond donors (Lipinski definition) is 1. The summed E-state index contributed by atoms with van der Waals surface area (Å²) in [5.41, 5.74) is 0.540. The Kier molecular flexibility index (Phi) is 3.50. The van der Waals surface area contributed by atoms with E-state index in [1.54, 1.807) is 21.6 Å². The van der Waals surface area contributed by atoms with Gasteiger partial charge in [-0.15, -0.1) is 0 Å². The molecule has 1 aliphatic rings. The van der Waals surface area contributed by atoms with Crippen LogP contribution in [0.1, 0.15) is 49.9 Å². The largest absolute Gasteiger partial charge is 0.477 e. The number of nitrogens with zero attached hydrogens (tertiary/aromatic N) is 2. The standard InChI is InChI=1S/C14H20N2O4/c1-9-10-5-6-11(12(17)18)16(10)8-7-15(9)13(19)20-14(2,3)4/h5-6,9H,7-8H2,1-4H3,(H,17,18). The monoisotopic (exact) mass is 280 g/mol. The van der Waals surface area contributed by atoms with Crippen molar-refractivity contribution in [1.82, 2.24) is 9.47 Å². The van der Waals surface area contributed by atoms with Crippen molar-refractivity contribution in [3.63, 3.8) is 0 Å². The Morgan fingerprint density at radius 3 is 2.50 bits per heavy atom. The Morgan fingerprint density at radius 2 is 1.95 bits per heavy atom. The molecule has 1 aliphatic heterocycles. The fourth-order valence-electron chi connectivity index (χ4n) is 2.42. The zero-order chi connectivity index (χ0) is 15.1. The first-order valence-corrected chi connectivity index (χ1v) is 6.63. The van der Waals surface area contributed by atoms with Crippen LogP contribution < -0.4 is 0 Å². The third kappa shape index (κ3) is 2.64. The van der Waals surface area contributed by atoms with Gasteiger partial charge in [-0.05, 0) is 39.8 Å². The highest BCUT2D eigenvalue weighted by Gasteiger charge is 2.32. The van der Waals surface area contributed by atoms with Crippen molar-refractivity contribution in [3.05, 3.63) is 23.5 Å². The molecule has 0 saturated heterocycles. The first-order chi connectivity index (χ1) is 9.20. The van der Waals surface area contributed by atoms with Gasteiger partial charge >= 0.3 is 12.1 Å². The third-order valence-corrected chi connectivity index (χ3v) is 3.32. The highest BCUT2D eigenvalue weighted by atomic mass is 16.6. The lowest BCUT2D eigenvalue weighted by Crippen LogP contribution is -2.43. The van der Waals surface area contributed by atoms with Gasteiger partial charge in [-0.3, -0.25) is 4.90 Å². The van der Waals surface area contributed by atoms with Crippen molar-refractivity contribution in [1.29, 1.82) is 0 Å². The minimum Gasteiger partial charge on any atom is -0.477 e. The molecule has 0 radical (unpaired) electrons. The molecule has 6 heteroatoms. The van der Waals surface area contributed by atoms with Crippen molar-refractivity contribution in [2.45, 2.75) is 45.9 Å². The maximum Gasteiger partial charge on any atom is 0.410 e. The number of aromatic nitrogens is 1. The van der Waals surface area contributed by atoms with Gasteiger partial charge in [0.25, 0.3) is 0 Å². The number of hydrogen-bond acceptors (Lipinski definition) is 3. The van der Waals surface area contributed by atoms with Gasteiger partial charge in [-0.25, -0.2) is 9.59 Å². The Labute approximate surface area is 117 Å². The molecule has 1 N–H and O–H groups in total. The van der Waals surface area contributed by atoms with E-state index < -0.39 is 11.6 Å². The van der Waals surface area contributed by atoms with Crippen LogP contribution in [0, 0.1) is 0 Å². The number of carboxylic acids is 1. The second-order valence-electron chi connectivity index (χ2n) is 5.95. The number of carbonyl (C=O) groups is 2. The molecule has 0 aromatic carbocycles. The number of amides is 1. The average molecular weight is 280 g/mol. The first kappa shape index (κ1) is 14.4. The lowest BCUT2D eigenvalue weighted by atomic mass is 10.1. The Morgan fingerprint density at radius 1 is 1.30 bits per heavy atom. The van der Waals surface area contributed by atoms with E-state index in [1.165, 1.54) is 0 Å². The first-order valence-electron chi connectivity index (χ1n) is 6.63.